The number of rotatable bonds is 2. The molecule has 2 rings (SSSR count). The van der Waals surface area contributed by atoms with E-state index in [4.69, 9.17) is 0 Å². The van der Waals surface area contributed by atoms with Crippen LogP contribution in [-0.4, -0.2) is 4.57 Å². The fourth-order valence-corrected chi connectivity index (χ4v) is 1.72. The first-order valence-electron chi connectivity index (χ1n) is 5.01. The SMILES string of the molecule is CCCn1c(=O)ccc2ccc(F)cc21. The predicted molar refractivity (Wildman–Crippen MR) is 58.5 cm³/mol. The molecule has 1 aromatic heterocycles. The predicted octanol–water partition coefficient (Wildman–Crippen LogP) is 2.55. The van der Waals surface area contributed by atoms with E-state index in [0.29, 0.717) is 12.1 Å². The van der Waals surface area contributed by atoms with E-state index in [1.807, 2.05) is 6.92 Å². The maximum Gasteiger partial charge on any atom is 0.251 e. The van der Waals surface area contributed by atoms with Crippen molar-refractivity contribution in [2.24, 2.45) is 0 Å². The highest BCUT2D eigenvalue weighted by Gasteiger charge is 2.02. The molecule has 0 amide bonds. The lowest BCUT2D eigenvalue weighted by atomic mass is 10.2. The number of fused-ring (bicyclic) bond motifs is 1. The van der Waals surface area contributed by atoms with E-state index in [1.165, 1.54) is 18.2 Å². The van der Waals surface area contributed by atoms with Gasteiger partial charge in [-0.3, -0.25) is 4.79 Å². The third-order valence-corrected chi connectivity index (χ3v) is 2.40. The Hall–Kier alpha value is -1.64. The van der Waals surface area contributed by atoms with Crippen molar-refractivity contribution in [3.63, 3.8) is 0 Å². The van der Waals surface area contributed by atoms with Crippen molar-refractivity contribution in [3.8, 4) is 0 Å². The van der Waals surface area contributed by atoms with Gasteiger partial charge in [-0.15, -0.1) is 0 Å². The van der Waals surface area contributed by atoms with Gasteiger partial charge in [0.05, 0.1) is 5.52 Å². The van der Waals surface area contributed by atoms with Gasteiger partial charge in [0.25, 0.3) is 5.56 Å². The van der Waals surface area contributed by atoms with Gasteiger partial charge in [-0.2, -0.15) is 0 Å². The number of pyridine rings is 1. The Bertz CT molecular complexity index is 545. The molecule has 0 unspecified atom stereocenters. The largest absolute Gasteiger partial charge is 0.308 e. The standard InChI is InChI=1S/C12H12FNO/c1-2-7-14-11-8-10(13)5-3-9(11)4-6-12(14)15/h3-6,8H,2,7H2,1H3. The normalized spacial score (nSPS) is 10.8. The molecule has 0 N–H and O–H groups in total. The molecule has 0 fully saturated rings. The van der Waals surface area contributed by atoms with Crippen LogP contribution in [0.2, 0.25) is 0 Å². The van der Waals surface area contributed by atoms with E-state index in [9.17, 15) is 9.18 Å². The zero-order valence-corrected chi connectivity index (χ0v) is 8.53. The molecule has 0 aliphatic rings. The number of aryl methyl sites for hydroxylation is 1. The number of aromatic nitrogens is 1. The Morgan fingerprint density at radius 3 is 2.73 bits per heavy atom. The minimum Gasteiger partial charge on any atom is -0.308 e. The van der Waals surface area contributed by atoms with Crippen LogP contribution in [0.5, 0.6) is 0 Å². The van der Waals surface area contributed by atoms with Crippen LogP contribution in [0, 0.1) is 5.82 Å². The summed E-state index contributed by atoms with van der Waals surface area (Å²) in [6, 6.07) is 7.75. The fourth-order valence-electron chi connectivity index (χ4n) is 1.72. The van der Waals surface area contributed by atoms with Crippen LogP contribution >= 0.6 is 0 Å². The molecule has 0 bridgehead atoms. The van der Waals surface area contributed by atoms with E-state index < -0.39 is 0 Å². The molecule has 1 heterocycles. The van der Waals surface area contributed by atoms with Crippen LogP contribution in [0.25, 0.3) is 10.9 Å². The van der Waals surface area contributed by atoms with E-state index in [0.717, 1.165) is 11.8 Å². The number of hydrogen-bond donors (Lipinski definition) is 0. The second-order valence-electron chi connectivity index (χ2n) is 3.53. The van der Waals surface area contributed by atoms with Crippen LogP contribution < -0.4 is 5.56 Å². The first-order valence-corrected chi connectivity index (χ1v) is 5.01. The third-order valence-electron chi connectivity index (χ3n) is 2.40. The van der Waals surface area contributed by atoms with Crippen LogP contribution in [-0.2, 0) is 6.54 Å². The Morgan fingerprint density at radius 1 is 1.27 bits per heavy atom. The van der Waals surface area contributed by atoms with Crippen molar-refractivity contribution in [2.45, 2.75) is 19.9 Å². The topological polar surface area (TPSA) is 22.0 Å². The highest BCUT2D eigenvalue weighted by atomic mass is 19.1. The maximum absolute atomic E-state index is 13.1. The molecule has 2 aromatic rings. The average Bonchev–Trinajstić information content (AvgIpc) is 2.23. The molecule has 3 heteroatoms. The zero-order valence-electron chi connectivity index (χ0n) is 8.53. The zero-order chi connectivity index (χ0) is 10.8. The minimum atomic E-state index is -0.307. The number of halogens is 1. The van der Waals surface area contributed by atoms with Crippen molar-refractivity contribution in [1.29, 1.82) is 0 Å². The molecule has 1 aromatic carbocycles. The summed E-state index contributed by atoms with van der Waals surface area (Å²) in [6.07, 6.45) is 0.857. The van der Waals surface area contributed by atoms with Gasteiger partial charge in [-0.25, -0.2) is 4.39 Å². The molecular formula is C12H12FNO. The molecule has 0 aliphatic carbocycles. The molecule has 0 saturated heterocycles. The van der Waals surface area contributed by atoms with E-state index in [-0.39, 0.29) is 11.4 Å². The molecule has 78 valence electrons. The van der Waals surface area contributed by atoms with Crippen molar-refractivity contribution in [2.75, 3.05) is 0 Å². The van der Waals surface area contributed by atoms with Gasteiger partial charge >= 0.3 is 0 Å². The smallest absolute Gasteiger partial charge is 0.251 e. The summed E-state index contributed by atoms with van der Waals surface area (Å²) in [4.78, 5) is 11.6. The quantitative estimate of drug-likeness (QED) is 0.738. The van der Waals surface area contributed by atoms with Gasteiger partial charge in [-0.1, -0.05) is 6.92 Å². The summed E-state index contributed by atoms with van der Waals surface area (Å²) in [5.41, 5.74) is 0.597. The Balaban J connectivity index is 2.78. The Kier molecular flexibility index (Phi) is 2.54. The van der Waals surface area contributed by atoms with Crippen LogP contribution in [0.1, 0.15) is 13.3 Å². The van der Waals surface area contributed by atoms with Crippen molar-refractivity contribution < 1.29 is 4.39 Å². The molecular weight excluding hydrogens is 193 g/mol. The van der Waals surface area contributed by atoms with Crippen molar-refractivity contribution in [1.82, 2.24) is 4.57 Å². The number of benzene rings is 1. The summed E-state index contributed by atoms with van der Waals surface area (Å²) < 4.78 is 14.7. The van der Waals surface area contributed by atoms with Gasteiger partial charge in [0.15, 0.2) is 0 Å². The highest BCUT2D eigenvalue weighted by Crippen LogP contribution is 2.13. The number of nitrogens with zero attached hydrogens (tertiary/aromatic N) is 1. The van der Waals surface area contributed by atoms with Gasteiger partial charge in [0, 0.05) is 12.6 Å². The lowest BCUT2D eigenvalue weighted by Gasteiger charge is -2.08. The van der Waals surface area contributed by atoms with Crippen LogP contribution in [0.15, 0.2) is 35.1 Å². The molecule has 0 spiro atoms. The maximum atomic E-state index is 13.1. The molecule has 0 aliphatic heterocycles. The average molecular weight is 205 g/mol. The third kappa shape index (κ3) is 1.77. The molecule has 15 heavy (non-hydrogen) atoms. The second kappa shape index (κ2) is 3.85. The molecule has 0 atom stereocenters. The lowest BCUT2D eigenvalue weighted by molar-refractivity contribution is 0.625. The van der Waals surface area contributed by atoms with Crippen LogP contribution in [0.4, 0.5) is 4.39 Å². The van der Waals surface area contributed by atoms with Crippen molar-refractivity contribution in [3.05, 3.63) is 46.5 Å². The van der Waals surface area contributed by atoms with Gasteiger partial charge in [-0.05, 0) is 36.1 Å². The van der Waals surface area contributed by atoms with Crippen molar-refractivity contribution >= 4 is 10.9 Å². The van der Waals surface area contributed by atoms with Gasteiger partial charge < -0.3 is 4.57 Å². The molecule has 0 saturated carbocycles. The Labute approximate surface area is 87.0 Å². The summed E-state index contributed by atoms with van der Waals surface area (Å²) in [5, 5.41) is 0.893. The van der Waals surface area contributed by atoms with Crippen LogP contribution in [0.3, 0.4) is 0 Å². The summed E-state index contributed by atoms with van der Waals surface area (Å²) >= 11 is 0. The molecule has 0 radical (unpaired) electrons. The van der Waals surface area contributed by atoms with Gasteiger partial charge in [0.1, 0.15) is 5.82 Å². The first kappa shape index (κ1) is 9.90. The monoisotopic (exact) mass is 205 g/mol. The molecule has 2 nitrogen and oxygen atoms in total. The number of hydrogen-bond acceptors (Lipinski definition) is 1. The van der Waals surface area contributed by atoms with Gasteiger partial charge in [0.2, 0.25) is 0 Å². The van der Waals surface area contributed by atoms with E-state index >= 15 is 0 Å². The summed E-state index contributed by atoms with van der Waals surface area (Å²) in [6.45, 7) is 2.62. The van der Waals surface area contributed by atoms with E-state index in [1.54, 1.807) is 16.7 Å². The van der Waals surface area contributed by atoms with E-state index in [2.05, 4.69) is 0 Å². The second-order valence-corrected chi connectivity index (χ2v) is 3.53. The first-order chi connectivity index (χ1) is 7.22. The highest BCUT2D eigenvalue weighted by molar-refractivity contribution is 5.78. The summed E-state index contributed by atoms with van der Waals surface area (Å²) in [7, 11) is 0. The fraction of sp³-hybridized carbons (Fsp3) is 0.250. The Morgan fingerprint density at radius 2 is 2.00 bits per heavy atom. The minimum absolute atomic E-state index is 0.0741. The summed E-state index contributed by atoms with van der Waals surface area (Å²) in [5.74, 6) is -0.307. The lowest BCUT2D eigenvalue weighted by Crippen LogP contribution is -2.19.